The van der Waals surface area contributed by atoms with E-state index in [1.807, 2.05) is 18.2 Å². The van der Waals surface area contributed by atoms with Crippen LogP contribution in [-0.2, 0) is 11.3 Å². The number of morpholine rings is 1. The molecule has 2 saturated heterocycles. The largest absolute Gasteiger partial charge is 0.481 e. The van der Waals surface area contributed by atoms with Crippen LogP contribution in [0.2, 0.25) is 0 Å². The van der Waals surface area contributed by atoms with Crippen LogP contribution in [0, 0.1) is 0 Å². The molecule has 1 aromatic carbocycles. The molecule has 25 heavy (non-hydrogen) atoms. The van der Waals surface area contributed by atoms with Gasteiger partial charge in [-0.05, 0) is 12.1 Å². The number of benzene rings is 1. The van der Waals surface area contributed by atoms with Gasteiger partial charge in [0.25, 0.3) is 0 Å². The van der Waals surface area contributed by atoms with E-state index in [0.717, 1.165) is 55.9 Å². The van der Waals surface area contributed by atoms with Crippen molar-refractivity contribution in [2.45, 2.75) is 18.7 Å². The molecule has 2 aromatic rings. The lowest BCUT2D eigenvalue weighted by molar-refractivity contribution is -0.00618. The number of aromatic nitrogens is 1. The van der Waals surface area contributed by atoms with Crippen LogP contribution < -0.4 is 4.74 Å². The van der Waals surface area contributed by atoms with Gasteiger partial charge in [-0.25, -0.2) is 4.98 Å². The van der Waals surface area contributed by atoms with E-state index >= 15 is 0 Å². The fraction of sp³-hybridized carbons (Fsp3) is 0.526. The van der Waals surface area contributed by atoms with Gasteiger partial charge >= 0.3 is 0 Å². The van der Waals surface area contributed by atoms with E-state index in [-0.39, 0.29) is 12.1 Å². The second-order valence-corrected chi connectivity index (χ2v) is 6.83. The van der Waals surface area contributed by atoms with Crippen molar-refractivity contribution in [3.8, 4) is 5.88 Å². The lowest BCUT2D eigenvalue weighted by Crippen LogP contribution is -2.48. The molecule has 4 rings (SSSR count). The summed E-state index contributed by atoms with van der Waals surface area (Å²) in [5.41, 5.74) is 2.01. The summed E-state index contributed by atoms with van der Waals surface area (Å²) in [7, 11) is 1.66. The van der Waals surface area contributed by atoms with Crippen molar-refractivity contribution in [2.24, 2.45) is 0 Å². The average Bonchev–Trinajstić information content (AvgIpc) is 3.02. The molecule has 1 aromatic heterocycles. The molecule has 1 N–H and O–H groups in total. The summed E-state index contributed by atoms with van der Waals surface area (Å²) < 4.78 is 10.9. The minimum atomic E-state index is -0.322. The van der Waals surface area contributed by atoms with E-state index in [1.54, 1.807) is 7.11 Å². The van der Waals surface area contributed by atoms with Crippen molar-refractivity contribution in [1.82, 2.24) is 14.8 Å². The molecule has 0 radical (unpaired) electrons. The van der Waals surface area contributed by atoms with E-state index in [9.17, 15) is 5.11 Å². The number of aliphatic hydroxyl groups excluding tert-OH is 1. The Hall–Kier alpha value is -1.73. The van der Waals surface area contributed by atoms with Crippen molar-refractivity contribution in [1.29, 1.82) is 0 Å². The van der Waals surface area contributed by atoms with E-state index < -0.39 is 0 Å². The SMILES string of the molecule is COc1nc2ccccc2cc1CN1C[C@H](O)[C@@H](N2CCOCC2)C1. The summed E-state index contributed by atoms with van der Waals surface area (Å²) in [6, 6.07) is 10.4. The summed E-state index contributed by atoms with van der Waals surface area (Å²) in [4.78, 5) is 9.27. The van der Waals surface area contributed by atoms with Crippen LogP contribution in [0.5, 0.6) is 5.88 Å². The second kappa shape index (κ2) is 7.25. The highest BCUT2D eigenvalue weighted by Gasteiger charge is 2.36. The average molecular weight is 343 g/mol. The minimum Gasteiger partial charge on any atom is -0.481 e. The molecule has 0 saturated carbocycles. The Morgan fingerprint density at radius 1 is 1.24 bits per heavy atom. The smallest absolute Gasteiger partial charge is 0.218 e. The maximum Gasteiger partial charge on any atom is 0.218 e. The molecule has 3 heterocycles. The highest BCUT2D eigenvalue weighted by atomic mass is 16.5. The fourth-order valence-electron chi connectivity index (χ4n) is 3.92. The Labute approximate surface area is 148 Å². The zero-order valence-corrected chi connectivity index (χ0v) is 14.6. The predicted octanol–water partition coefficient (Wildman–Crippen LogP) is 1.12. The number of methoxy groups -OCH3 is 1. The van der Waals surface area contributed by atoms with Crippen molar-refractivity contribution in [2.75, 3.05) is 46.5 Å². The first-order valence-corrected chi connectivity index (χ1v) is 8.89. The van der Waals surface area contributed by atoms with Crippen molar-refractivity contribution >= 4 is 10.9 Å². The summed E-state index contributed by atoms with van der Waals surface area (Å²) in [5.74, 6) is 0.669. The molecular formula is C19H25N3O3. The molecule has 0 bridgehead atoms. The standard InChI is InChI=1S/C19H25N3O3/c1-24-19-15(10-14-4-2-3-5-16(14)20-19)11-21-12-17(18(23)13-21)22-6-8-25-9-7-22/h2-5,10,17-18,23H,6-9,11-13H2,1H3/t17-,18-/m0/s1. The number of hydrogen-bond donors (Lipinski definition) is 1. The van der Waals surface area contributed by atoms with Crippen molar-refractivity contribution in [3.05, 3.63) is 35.9 Å². The molecule has 6 nitrogen and oxygen atoms in total. The Kier molecular flexibility index (Phi) is 4.85. The lowest BCUT2D eigenvalue weighted by Gasteiger charge is -2.33. The van der Waals surface area contributed by atoms with E-state index in [1.165, 1.54) is 0 Å². The van der Waals surface area contributed by atoms with Gasteiger partial charge in [0.05, 0.1) is 31.9 Å². The molecule has 0 aliphatic carbocycles. The second-order valence-electron chi connectivity index (χ2n) is 6.83. The van der Waals surface area contributed by atoms with Crippen LogP contribution in [-0.4, -0.2) is 78.5 Å². The summed E-state index contributed by atoms with van der Waals surface area (Å²) in [5, 5.41) is 11.6. The predicted molar refractivity (Wildman–Crippen MR) is 95.8 cm³/mol. The highest BCUT2D eigenvalue weighted by Crippen LogP contribution is 2.26. The number of pyridine rings is 1. The summed E-state index contributed by atoms with van der Waals surface area (Å²) in [6.45, 7) is 5.58. The number of para-hydroxylation sites is 1. The summed E-state index contributed by atoms with van der Waals surface area (Å²) >= 11 is 0. The van der Waals surface area contributed by atoms with Gasteiger partial charge in [-0.1, -0.05) is 18.2 Å². The number of ether oxygens (including phenoxy) is 2. The Morgan fingerprint density at radius 3 is 2.84 bits per heavy atom. The number of fused-ring (bicyclic) bond motifs is 1. The first-order valence-electron chi connectivity index (χ1n) is 8.89. The third kappa shape index (κ3) is 3.48. The molecule has 0 spiro atoms. The number of hydrogen-bond acceptors (Lipinski definition) is 6. The van der Waals surface area contributed by atoms with Gasteiger partial charge in [-0.3, -0.25) is 9.80 Å². The number of β-amino-alcohol motifs (C(OH)–C–C–N with tert-alkyl or cyclic N) is 1. The first kappa shape index (κ1) is 16.7. The number of likely N-dealkylation sites (tertiary alicyclic amines) is 1. The van der Waals surface area contributed by atoms with Gasteiger partial charge in [-0.2, -0.15) is 0 Å². The zero-order chi connectivity index (χ0) is 17.2. The van der Waals surface area contributed by atoms with Crippen LogP contribution in [0.1, 0.15) is 5.56 Å². The molecule has 0 unspecified atom stereocenters. The molecule has 2 atom stereocenters. The monoisotopic (exact) mass is 343 g/mol. The van der Waals surface area contributed by atoms with Gasteiger partial charge in [0.1, 0.15) is 0 Å². The lowest BCUT2D eigenvalue weighted by atomic mass is 10.1. The Bertz CT molecular complexity index is 733. The quantitative estimate of drug-likeness (QED) is 0.898. The maximum atomic E-state index is 10.5. The van der Waals surface area contributed by atoms with E-state index in [0.29, 0.717) is 12.4 Å². The van der Waals surface area contributed by atoms with Crippen LogP contribution in [0.15, 0.2) is 30.3 Å². The summed E-state index contributed by atoms with van der Waals surface area (Å²) in [6.07, 6.45) is -0.322. The van der Waals surface area contributed by atoms with Gasteiger partial charge in [-0.15, -0.1) is 0 Å². The zero-order valence-electron chi connectivity index (χ0n) is 14.6. The Morgan fingerprint density at radius 2 is 2.04 bits per heavy atom. The van der Waals surface area contributed by atoms with Gasteiger partial charge in [0.2, 0.25) is 5.88 Å². The van der Waals surface area contributed by atoms with Crippen molar-refractivity contribution < 1.29 is 14.6 Å². The van der Waals surface area contributed by atoms with Crippen LogP contribution in [0.3, 0.4) is 0 Å². The highest BCUT2D eigenvalue weighted by molar-refractivity contribution is 5.80. The fourth-order valence-corrected chi connectivity index (χ4v) is 3.92. The molecule has 134 valence electrons. The third-order valence-electron chi connectivity index (χ3n) is 5.20. The van der Waals surface area contributed by atoms with Crippen LogP contribution in [0.4, 0.5) is 0 Å². The molecule has 6 heteroatoms. The normalized spacial score (nSPS) is 25.5. The van der Waals surface area contributed by atoms with Gasteiger partial charge in [0, 0.05) is 49.7 Å². The number of nitrogens with zero attached hydrogens (tertiary/aromatic N) is 3. The minimum absolute atomic E-state index is 0.184. The molecular weight excluding hydrogens is 318 g/mol. The molecule has 2 fully saturated rings. The molecule has 2 aliphatic rings. The van der Waals surface area contributed by atoms with Gasteiger partial charge in [0.15, 0.2) is 0 Å². The van der Waals surface area contributed by atoms with E-state index in [2.05, 4.69) is 26.9 Å². The topological polar surface area (TPSA) is 58.1 Å². The molecule has 0 amide bonds. The van der Waals surface area contributed by atoms with Crippen LogP contribution >= 0.6 is 0 Å². The first-order chi connectivity index (χ1) is 12.2. The maximum absolute atomic E-state index is 10.5. The van der Waals surface area contributed by atoms with Gasteiger partial charge < -0.3 is 14.6 Å². The Balaban J connectivity index is 1.51. The number of rotatable bonds is 4. The van der Waals surface area contributed by atoms with Crippen LogP contribution in [0.25, 0.3) is 10.9 Å². The van der Waals surface area contributed by atoms with Crippen molar-refractivity contribution in [3.63, 3.8) is 0 Å². The van der Waals surface area contributed by atoms with E-state index in [4.69, 9.17) is 9.47 Å². The molecule has 2 aliphatic heterocycles. The number of aliphatic hydroxyl groups is 1. The third-order valence-corrected chi connectivity index (χ3v) is 5.20.